The van der Waals surface area contributed by atoms with Gasteiger partial charge in [0.15, 0.2) is 11.5 Å². The molecule has 112 valence electrons. The van der Waals surface area contributed by atoms with Crippen LogP contribution in [-0.4, -0.2) is 26.4 Å². The minimum atomic E-state index is -0.682. The Bertz CT molecular complexity index is 604. The van der Waals surface area contributed by atoms with Gasteiger partial charge in [0.1, 0.15) is 24.5 Å². The molecular formula is C15H16ClNO4. The summed E-state index contributed by atoms with van der Waals surface area (Å²) in [5.41, 5.74) is 0.0112. The molecule has 0 aromatic heterocycles. The van der Waals surface area contributed by atoms with E-state index in [0.717, 1.165) is 25.7 Å². The molecule has 21 heavy (non-hydrogen) atoms. The summed E-state index contributed by atoms with van der Waals surface area (Å²) in [5.74, 6) is 1.67. The Balaban J connectivity index is 2.26. The van der Waals surface area contributed by atoms with E-state index < -0.39 is 5.54 Å². The number of hydrogen-bond acceptors (Lipinski definition) is 5. The number of nitrogens with zero attached hydrogens (tertiary/aromatic N) is 1. The second-order valence-corrected chi connectivity index (χ2v) is 5.61. The van der Waals surface area contributed by atoms with E-state index in [9.17, 15) is 4.79 Å². The van der Waals surface area contributed by atoms with E-state index in [2.05, 4.69) is 4.99 Å². The predicted octanol–water partition coefficient (Wildman–Crippen LogP) is 3.22. The molecule has 1 aliphatic heterocycles. The zero-order chi connectivity index (χ0) is 14.9. The Kier molecular flexibility index (Phi) is 3.79. The third kappa shape index (κ3) is 2.27. The van der Waals surface area contributed by atoms with E-state index in [1.54, 1.807) is 19.3 Å². The van der Waals surface area contributed by atoms with Gasteiger partial charge in [-0.2, -0.15) is 4.99 Å². The van der Waals surface area contributed by atoms with Gasteiger partial charge < -0.3 is 14.2 Å². The van der Waals surface area contributed by atoms with Gasteiger partial charge in [0.05, 0.1) is 12.1 Å². The van der Waals surface area contributed by atoms with Crippen molar-refractivity contribution < 1.29 is 19.0 Å². The maximum atomic E-state index is 10.9. The summed E-state index contributed by atoms with van der Waals surface area (Å²) in [6.07, 6.45) is 5.14. The van der Waals surface area contributed by atoms with Crippen LogP contribution in [0, 0.1) is 0 Å². The highest BCUT2D eigenvalue weighted by molar-refractivity contribution is 6.33. The highest BCUT2D eigenvalue weighted by atomic mass is 35.5. The lowest BCUT2D eigenvalue weighted by molar-refractivity contribution is 0.166. The molecule has 1 heterocycles. The normalized spacial score (nSPS) is 19.0. The summed E-state index contributed by atoms with van der Waals surface area (Å²) in [6, 6.07) is 1.72. The summed E-state index contributed by atoms with van der Waals surface area (Å²) in [4.78, 5) is 15.0. The molecule has 1 aliphatic carbocycles. The average Bonchev–Trinajstić information content (AvgIpc) is 2.96. The Morgan fingerprint density at radius 3 is 2.71 bits per heavy atom. The molecule has 5 nitrogen and oxygen atoms in total. The van der Waals surface area contributed by atoms with Gasteiger partial charge in [-0.15, -0.1) is 0 Å². The van der Waals surface area contributed by atoms with Crippen molar-refractivity contribution in [3.05, 3.63) is 16.7 Å². The third-order valence-corrected chi connectivity index (χ3v) is 4.49. The molecule has 0 bridgehead atoms. The number of rotatable bonds is 3. The van der Waals surface area contributed by atoms with Gasteiger partial charge in [0.2, 0.25) is 6.08 Å². The van der Waals surface area contributed by atoms with Crippen LogP contribution in [0.4, 0.5) is 0 Å². The zero-order valence-electron chi connectivity index (χ0n) is 11.8. The predicted molar refractivity (Wildman–Crippen MR) is 77.3 cm³/mol. The summed E-state index contributed by atoms with van der Waals surface area (Å²) in [7, 11) is 1.55. The first kappa shape index (κ1) is 14.2. The largest absolute Gasteiger partial charge is 0.495 e. The second-order valence-electron chi connectivity index (χ2n) is 5.23. The number of methoxy groups -OCH3 is 1. The maximum absolute atomic E-state index is 10.9. The quantitative estimate of drug-likeness (QED) is 0.635. The molecule has 0 unspecified atom stereocenters. The van der Waals surface area contributed by atoms with E-state index in [4.69, 9.17) is 25.8 Å². The summed E-state index contributed by atoms with van der Waals surface area (Å²) >= 11 is 6.50. The topological polar surface area (TPSA) is 57.1 Å². The summed E-state index contributed by atoms with van der Waals surface area (Å²) < 4.78 is 16.7. The zero-order valence-corrected chi connectivity index (χ0v) is 12.5. The molecular weight excluding hydrogens is 294 g/mol. The minimum Gasteiger partial charge on any atom is -0.495 e. The Morgan fingerprint density at radius 2 is 2.05 bits per heavy atom. The molecule has 0 spiro atoms. The molecule has 1 fully saturated rings. The van der Waals surface area contributed by atoms with Crippen molar-refractivity contribution in [2.45, 2.75) is 31.2 Å². The van der Waals surface area contributed by atoms with Crippen molar-refractivity contribution in [2.24, 2.45) is 4.99 Å². The lowest BCUT2D eigenvalue weighted by Gasteiger charge is -2.30. The van der Waals surface area contributed by atoms with Crippen molar-refractivity contribution in [1.29, 1.82) is 0 Å². The van der Waals surface area contributed by atoms with Crippen molar-refractivity contribution in [3.63, 3.8) is 0 Å². The number of isocyanates is 1. The number of fused-ring (bicyclic) bond motifs is 1. The number of ether oxygens (including phenoxy) is 3. The number of hydrogen-bond donors (Lipinski definition) is 0. The van der Waals surface area contributed by atoms with Gasteiger partial charge in [-0.25, -0.2) is 4.79 Å². The van der Waals surface area contributed by atoms with E-state index in [-0.39, 0.29) is 0 Å². The lowest BCUT2D eigenvalue weighted by Crippen LogP contribution is -2.25. The number of aliphatic imine (C=N–C) groups is 1. The van der Waals surface area contributed by atoms with Gasteiger partial charge in [0, 0.05) is 11.6 Å². The highest BCUT2D eigenvalue weighted by Crippen LogP contribution is 2.54. The van der Waals surface area contributed by atoms with E-state index in [0.29, 0.717) is 41.0 Å². The van der Waals surface area contributed by atoms with Crippen LogP contribution in [0.1, 0.15) is 31.2 Å². The standard InChI is InChI=1S/C15H16ClNO4/c1-19-10-8-11-14(21-7-6-20-11)12(13(10)16)15(17-9-18)4-2-3-5-15/h8H,2-7H2,1H3. The molecule has 0 radical (unpaired) electrons. The summed E-state index contributed by atoms with van der Waals surface area (Å²) in [5, 5.41) is 0.433. The van der Waals surface area contributed by atoms with Crippen LogP contribution in [-0.2, 0) is 10.3 Å². The van der Waals surface area contributed by atoms with Gasteiger partial charge in [-0.1, -0.05) is 24.4 Å². The van der Waals surface area contributed by atoms with Crippen LogP contribution >= 0.6 is 11.6 Å². The van der Waals surface area contributed by atoms with Crippen molar-refractivity contribution >= 4 is 17.7 Å². The molecule has 0 N–H and O–H groups in total. The molecule has 1 saturated carbocycles. The fourth-order valence-corrected chi connectivity index (χ4v) is 3.56. The fourth-order valence-electron chi connectivity index (χ4n) is 3.17. The van der Waals surface area contributed by atoms with E-state index >= 15 is 0 Å². The first-order valence-electron chi connectivity index (χ1n) is 6.97. The van der Waals surface area contributed by atoms with E-state index in [1.807, 2.05) is 0 Å². The summed E-state index contributed by atoms with van der Waals surface area (Å²) in [6.45, 7) is 0.921. The van der Waals surface area contributed by atoms with Crippen LogP contribution in [0.15, 0.2) is 11.1 Å². The smallest absolute Gasteiger partial charge is 0.235 e. The minimum absolute atomic E-state index is 0.433. The molecule has 1 aromatic carbocycles. The second kappa shape index (κ2) is 5.58. The van der Waals surface area contributed by atoms with E-state index in [1.165, 1.54) is 0 Å². The first-order chi connectivity index (χ1) is 10.2. The van der Waals surface area contributed by atoms with Crippen LogP contribution < -0.4 is 14.2 Å². The molecule has 2 aliphatic rings. The maximum Gasteiger partial charge on any atom is 0.235 e. The van der Waals surface area contributed by atoms with Crippen molar-refractivity contribution in [3.8, 4) is 17.2 Å². The van der Waals surface area contributed by atoms with Crippen LogP contribution in [0.3, 0.4) is 0 Å². The Hall–Kier alpha value is -1.71. The van der Waals surface area contributed by atoms with Crippen molar-refractivity contribution in [2.75, 3.05) is 20.3 Å². The van der Waals surface area contributed by atoms with Gasteiger partial charge in [-0.3, -0.25) is 0 Å². The number of benzene rings is 1. The molecule has 6 heteroatoms. The van der Waals surface area contributed by atoms with Gasteiger partial charge in [0.25, 0.3) is 0 Å². The molecule has 0 saturated heterocycles. The molecule has 3 rings (SSSR count). The van der Waals surface area contributed by atoms with Gasteiger partial charge in [-0.05, 0) is 12.8 Å². The molecule has 0 atom stereocenters. The Morgan fingerprint density at radius 1 is 1.33 bits per heavy atom. The highest BCUT2D eigenvalue weighted by Gasteiger charge is 2.42. The SMILES string of the molecule is COc1cc2c(c(C3(N=C=O)CCCC3)c1Cl)OCCO2. The fraction of sp³-hybridized carbons (Fsp3) is 0.533. The lowest BCUT2D eigenvalue weighted by atomic mass is 9.87. The first-order valence-corrected chi connectivity index (χ1v) is 7.35. The van der Waals surface area contributed by atoms with Crippen LogP contribution in [0.5, 0.6) is 17.2 Å². The van der Waals surface area contributed by atoms with Crippen molar-refractivity contribution in [1.82, 2.24) is 0 Å². The molecule has 1 aromatic rings. The van der Waals surface area contributed by atoms with Crippen LogP contribution in [0.2, 0.25) is 5.02 Å². The average molecular weight is 310 g/mol. The third-order valence-electron chi connectivity index (χ3n) is 4.11. The van der Waals surface area contributed by atoms with Crippen LogP contribution in [0.25, 0.3) is 0 Å². The number of halogens is 1. The number of carbonyl (C=O) groups excluding carboxylic acids is 1. The molecule has 0 amide bonds. The Labute approximate surface area is 127 Å². The monoisotopic (exact) mass is 309 g/mol. The van der Waals surface area contributed by atoms with Gasteiger partial charge >= 0.3 is 0 Å².